The van der Waals surface area contributed by atoms with Crippen molar-refractivity contribution in [1.29, 1.82) is 0 Å². The second-order valence-corrected chi connectivity index (χ2v) is 6.37. The number of likely N-dealkylation sites (N-methyl/N-ethyl adjacent to an activating group) is 1. The number of carbonyl (C=O) groups is 2. The number of rotatable bonds is 7. The van der Waals surface area contributed by atoms with Crippen LogP contribution >= 0.6 is 0 Å². The number of carbonyl (C=O) groups excluding carboxylic acids is 1. The third kappa shape index (κ3) is 4.17. The van der Waals surface area contributed by atoms with Gasteiger partial charge in [-0.05, 0) is 30.3 Å². The first-order chi connectivity index (χ1) is 13.5. The predicted octanol–water partition coefficient (Wildman–Crippen LogP) is 3.40. The molecule has 1 heterocycles. The standard InChI is InChI=1S/C22H20N2O4/c1-24(13-11-15-6-4-5-12-23-15)16-9-10-19(20(25)14-16)21(26)17-7-2-3-8-18(17)22(27)28/h2-10,12,14,25H,11,13H2,1H3,(H,27,28). The van der Waals surface area contributed by atoms with Crippen LogP contribution in [0.25, 0.3) is 0 Å². The summed E-state index contributed by atoms with van der Waals surface area (Å²) >= 11 is 0. The Morgan fingerprint density at radius 2 is 1.68 bits per heavy atom. The molecule has 3 aromatic rings. The summed E-state index contributed by atoms with van der Waals surface area (Å²) in [6, 6.07) is 16.5. The van der Waals surface area contributed by atoms with E-state index < -0.39 is 11.8 Å². The zero-order valence-corrected chi connectivity index (χ0v) is 15.4. The van der Waals surface area contributed by atoms with Crippen molar-refractivity contribution in [2.45, 2.75) is 6.42 Å². The van der Waals surface area contributed by atoms with Crippen LogP contribution in [0.15, 0.2) is 66.9 Å². The number of nitrogens with zero attached hydrogens (tertiary/aromatic N) is 2. The van der Waals surface area contributed by atoms with Gasteiger partial charge in [-0.25, -0.2) is 4.79 Å². The molecule has 2 aromatic carbocycles. The third-order valence-electron chi connectivity index (χ3n) is 4.50. The van der Waals surface area contributed by atoms with Gasteiger partial charge in [0, 0.05) is 49.2 Å². The van der Waals surface area contributed by atoms with E-state index >= 15 is 0 Å². The molecule has 6 heteroatoms. The van der Waals surface area contributed by atoms with Gasteiger partial charge in [-0.2, -0.15) is 0 Å². The van der Waals surface area contributed by atoms with Gasteiger partial charge < -0.3 is 15.1 Å². The molecule has 0 aliphatic rings. The summed E-state index contributed by atoms with van der Waals surface area (Å²) in [4.78, 5) is 30.3. The van der Waals surface area contributed by atoms with Gasteiger partial charge >= 0.3 is 5.97 Å². The number of hydrogen-bond donors (Lipinski definition) is 2. The number of phenols is 1. The van der Waals surface area contributed by atoms with Gasteiger partial charge in [0.05, 0.1) is 11.1 Å². The normalized spacial score (nSPS) is 10.5. The fourth-order valence-corrected chi connectivity index (χ4v) is 2.92. The Hall–Kier alpha value is -3.67. The average molecular weight is 376 g/mol. The number of aromatic carboxylic acids is 1. The Labute approximate surface area is 162 Å². The Kier molecular flexibility index (Phi) is 5.69. The molecule has 0 radical (unpaired) electrons. The third-order valence-corrected chi connectivity index (χ3v) is 4.50. The molecule has 0 atom stereocenters. The summed E-state index contributed by atoms with van der Waals surface area (Å²) < 4.78 is 0. The topological polar surface area (TPSA) is 90.7 Å². The lowest BCUT2D eigenvalue weighted by Gasteiger charge is -2.20. The molecular weight excluding hydrogens is 356 g/mol. The van der Waals surface area contributed by atoms with Crippen LogP contribution in [-0.2, 0) is 6.42 Å². The number of carboxylic acid groups (broad SMARTS) is 1. The zero-order valence-electron chi connectivity index (χ0n) is 15.4. The van der Waals surface area contributed by atoms with E-state index in [1.165, 1.54) is 24.3 Å². The van der Waals surface area contributed by atoms with Gasteiger partial charge in [-0.3, -0.25) is 9.78 Å². The molecule has 1 aromatic heterocycles. The van der Waals surface area contributed by atoms with Gasteiger partial charge in [-0.1, -0.05) is 24.3 Å². The predicted molar refractivity (Wildman–Crippen MR) is 106 cm³/mol. The van der Waals surface area contributed by atoms with E-state index in [1.807, 2.05) is 30.1 Å². The Morgan fingerprint density at radius 3 is 2.32 bits per heavy atom. The number of phenolic OH excluding ortho intramolecular Hbond substituents is 1. The van der Waals surface area contributed by atoms with E-state index in [-0.39, 0.29) is 22.4 Å². The highest BCUT2D eigenvalue weighted by molar-refractivity contribution is 6.15. The highest BCUT2D eigenvalue weighted by Gasteiger charge is 2.20. The number of hydrogen-bond acceptors (Lipinski definition) is 5. The van der Waals surface area contributed by atoms with E-state index in [1.54, 1.807) is 24.4 Å². The molecule has 0 saturated carbocycles. The molecule has 3 rings (SSSR count). The molecule has 0 aliphatic heterocycles. The van der Waals surface area contributed by atoms with Gasteiger partial charge in [0.1, 0.15) is 5.75 Å². The van der Waals surface area contributed by atoms with Crippen LogP contribution < -0.4 is 4.90 Å². The second-order valence-electron chi connectivity index (χ2n) is 6.37. The summed E-state index contributed by atoms with van der Waals surface area (Å²) in [6.07, 6.45) is 2.49. The maximum absolute atomic E-state index is 12.7. The zero-order chi connectivity index (χ0) is 20.1. The fourth-order valence-electron chi connectivity index (χ4n) is 2.92. The van der Waals surface area contributed by atoms with Crippen LogP contribution in [0.5, 0.6) is 5.75 Å². The lowest BCUT2D eigenvalue weighted by molar-refractivity contribution is 0.0692. The summed E-state index contributed by atoms with van der Waals surface area (Å²) in [5, 5.41) is 19.7. The van der Waals surface area contributed by atoms with Gasteiger partial charge in [-0.15, -0.1) is 0 Å². The van der Waals surface area contributed by atoms with Gasteiger partial charge in [0.2, 0.25) is 0 Å². The van der Waals surface area contributed by atoms with Gasteiger partial charge in [0.25, 0.3) is 0 Å². The number of aromatic nitrogens is 1. The molecule has 0 amide bonds. The van der Waals surface area contributed by atoms with E-state index in [0.29, 0.717) is 6.54 Å². The van der Waals surface area contributed by atoms with E-state index in [2.05, 4.69) is 4.98 Å². The number of carboxylic acids is 1. The van der Waals surface area contributed by atoms with Crippen molar-refractivity contribution >= 4 is 17.4 Å². The van der Waals surface area contributed by atoms with Crippen LogP contribution in [-0.4, -0.2) is 40.5 Å². The monoisotopic (exact) mass is 376 g/mol. The number of pyridine rings is 1. The highest BCUT2D eigenvalue weighted by atomic mass is 16.4. The summed E-state index contributed by atoms with van der Waals surface area (Å²) in [6.45, 7) is 0.686. The minimum atomic E-state index is -1.19. The van der Waals surface area contributed by atoms with Crippen LogP contribution in [0.3, 0.4) is 0 Å². The minimum absolute atomic E-state index is 0.0431. The molecule has 2 N–H and O–H groups in total. The molecule has 0 bridgehead atoms. The minimum Gasteiger partial charge on any atom is -0.507 e. The molecule has 28 heavy (non-hydrogen) atoms. The highest BCUT2D eigenvalue weighted by Crippen LogP contribution is 2.27. The molecule has 0 unspecified atom stereocenters. The Bertz CT molecular complexity index is 1000. The second kappa shape index (κ2) is 8.35. The lowest BCUT2D eigenvalue weighted by Crippen LogP contribution is -2.20. The van der Waals surface area contributed by atoms with Crippen molar-refractivity contribution in [3.63, 3.8) is 0 Å². The molecule has 0 fully saturated rings. The van der Waals surface area contributed by atoms with Crippen LogP contribution in [0.4, 0.5) is 5.69 Å². The SMILES string of the molecule is CN(CCc1ccccn1)c1ccc(C(=O)c2ccccc2C(=O)O)c(O)c1. The fraction of sp³-hybridized carbons (Fsp3) is 0.136. The van der Waals surface area contributed by atoms with E-state index in [4.69, 9.17) is 0 Å². The van der Waals surface area contributed by atoms with Crippen molar-refractivity contribution in [2.24, 2.45) is 0 Å². The van der Waals surface area contributed by atoms with Gasteiger partial charge in [0.15, 0.2) is 5.78 Å². The van der Waals surface area contributed by atoms with Crippen molar-refractivity contribution < 1.29 is 19.8 Å². The molecule has 6 nitrogen and oxygen atoms in total. The van der Waals surface area contributed by atoms with E-state index in [0.717, 1.165) is 17.8 Å². The van der Waals surface area contributed by atoms with Crippen LogP contribution in [0, 0.1) is 0 Å². The lowest BCUT2D eigenvalue weighted by atomic mass is 9.97. The van der Waals surface area contributed by atoms with Crippen molar-refractivity contribution in [3.8, 4) is 5.75 Å². The maximum Gasteiger partial charge on any atom is 0.336 e. The Morgan fingerprint density at radius 1 is 0.964 bits per heavy atom. The number of anilines is 1. The summed E-state index contributed by atoms with van der Waals surface area (Å²) in [5.41, 5.74) is 1.73. The average Bonchev–Trinajstić information content (AvgIpc) is 2.72. The number of aromatic hydroxyl groups is 1. The molecule has 0 saturated heterocycles. The van der Waals surface area contributed by atoms with Crippen molar-refractivity contribution in [1.82, 2.24) is 4.98 Å². The smallest absolute Gasteiger partial charge is 0.336 e. The molecule has 0 spiro atoms. The number of ketones is 1. The summed E-state index contributed by atoms with van der Waals surface area (Å²) in [5.74, 6) is -1.90. The van der Waals surface area contributed by atoms with E-state index in [9.17, 15) is 19.8 Å². The van der Waals surface area contributed by atoms with Crippen molar-refractivity contribution in [2.75, 3.05) is 18.5 Å². The van der Waals surface area contributed by atoms with Crippen LogP contribution in [0.2, 0.25) is 0 Å². The van der Waals surface area contributed by atoms with Crippen molar-refractivity contribution in [3.05, 3.63) is 89.2 Å². The quantitative estimate of drug-likeness (QED) is 0.614. The first kappa shape index (κ1) is 19.1. The number of benzene rings is 2. The van der Waals surface area contributed by atoms with Crippen LogP contribution in [0.1, 0.15) is 32.0 Å². The largest absolute Gasteiger partial charge is 0.507 e. The molecule has 142 valence electrons. The maximum atomic E-state index is 12.7. The molecule has 0 aliphatic carbocycles. The first-order valence-corrected chi connectivity index (χ1v) is 8.78. The summed E-state index contributed by atoms with van der Waals surface area (Å²) in [7, 11) is 1.89. The first-order valence-electron chi connectivity index (χ1n) is 8.78. The molecular formula is C22H20N2O4. The Balaban J connectivity index is 1.79.